The molecule has 0 aliphatic heterocycles. The lowest BCUT2D eigenvalue weighted by Crippen LogP contribution is -2.45. The van der Waals surface area contributed by atoms with Crippen LogP contribution >= 0.6 is 11.3 Å². The normalized spacial score (nSPS) is 18.9. The van der Waals surface area contributed by atoms with Crippen LogP contribution in [0.15, 0.2) is 60.2 Å². The number of amides is 1. The summed E-state index contributed by atoms with van der Waals surface area (Å²) in [4.78, 5) is 18.4. The zero-order valence-electron chi connectivity index (χ0n) is 17.1. The standard InChI is InChI=1S/C24H24N4O2S/c29-22-5-2-1-4-20(22)26-23(30)21-15-17(19-10-13-31-24(19)27-21)14-16-6-8-18(9-7-16)28-12-3-11-25-28/h3,6-13,15,20,22,29H,1-2,4-5,14H2,(H,26,30)/t20-,22-/m0/s1. The third-order valence-corrected chi connectivity index (χ3v) is 6.71. The fourth-order valence-electron chi connectivity index (χ4n) is 4.21. The number of nitrogens with zero attached hydrogens (tertiary/aromatic N) is 3. The summed E-state index contributed by atoms with van der Waals surface area (Å²) in [5.41, 5.74) is 3.65. The highest BCUT2D eigenvalue weighted by Gasteiger charge is 2.25. The largest absolute Gasteiger partial charge is 0.391 e. The maximum atomic E-state index is 12.9. The van der Waals surface area contributed by atoms with Crippen LogP contribution in [0.4, 0.5) is 0 Å². The van der Waals surface area contributed by atoms with Gasteiger partial charge in [-0.1, -0.05) is 25.0 Å². The number of hydrogen-bond acceptors (Lipinski definition) is 5. The van der Waals surface area contributed by atoms with Crippen molar-refractivity contribution < 1.29 is 9.90 Å². The average Bonchev–Trinajstić information content (AvgIpc) is 3.48. The third kappa shape index (κ3) is 4.24. The molecular formula is C24H24N4O2S. The number of aromatic nitrogens is 3. The second-order valence-corrected chi connectivity index (χ2v) is 8.93. The van der Waals surface area contributed by atoms with Crippen molar-refractivity contribution in [1.29, 1.82) is 0 Å². The minimum atomic E-state index is -0.476. The molecule has 3 heterocycles. The van der Waals surface area contributed by atoms with E-state index in [2.05, 4.69) is 33.6 Å². The van der Waals surface area contributed by atoms with Crippen molar-refractivity contribution in [3.63, 3.8) is 0 Å². The molecule has 2 N–H and O–H groups in total. The molecule has 1 fully saturated rings. The molecule has 158 valence electrons. The number of benzene rings is 1. The van der Waals surface area contributed by atoms with E-state index in [0.717, 1.165) is 52.7 Å². The highest BCUT2D eigenvalue weighted by Crippen LogP contribution is 2.26. The minimum absolute atomic E-state index is 0.194. The Morgan fingerprint density at radius 2 is 2.03 bits per heavy atom. The van der Waals surface area contributed by atoms with E-state index >= 15 is 0 Å². The van der Waals surface area contributed by atoms with E-state index in [-0.39, 0.29) is 11.9 Å². The molecule has 1 saturated carbocycles. The molecule has 7 heteroatoms. The lowest BCUT2D eigenvalue weighted by Gasteiger charge is -2.28. The predicted octanol–water partition coefficient (Wildman–Crippen LogP) is 4.11. The maximum absolute atomic E-state index is 12.9. The van der Waals surface area contributed by atoms with E-state index in [0.29, 0.717) is 12.1 Å². The summed E-state index contributed by atoms with van der Waals surface area (Å²) in [6.07, 6.45) is 7.50. The molecule has 3 aromatic heterocycles. The van der Waals surface area contributed by atoms with Gasteiger partial charge in [0.2, 0.25) is 0 Å². The summed E-state index contributed by atoms with van der Waals surface area (Å²) >= 11 is 1.54. The first kappa shape index (κ1) is 19.9. The van der Waals surface area contributed by atoms with Gasteiger partial charge in [-0.05, 0) is 66.1 Å². The number of fused-ring (bicyclic) bond motifs is 1. The molecular weight excluding hydrogens is 408 g/mol. The Balaban J connectivity index is 1.39. The number of thiophene rings is 1. The number of aliphatic hydroxyl groups excluding tert-OH is 1. The van der Waals surface area contributed by atoms with Crippen LogP contribution in [0.1, 0.15) is 47.3 Å². The highest BCUT2D eigenvalue weighted by molar-refractivity contribution is 7.16. The second kappa shape index (κ2) is 8.61. The van der Waals surface area contributed by atoms with Gasteiger partial charge in [0.05, 0.1) is 17.8 Å². The Labute approximate surface area is 184 Å². The first-order valence-electron chi connectivity index (χ1n) is 10.6. The fraction of sp³-hybridized carbons (Fsp3) is 0.292. The summed E-state index contributed by atoms with van der Waals surface area (Å²) in [5, 5.41) is 20.6. The molecule has 4 aromatic rings. The number of carbonyl (C=O) groups is 1. The SMILES string of the molecule is O=C(N[C@H]1CCCC[C@@H]1O)c1cc(Cc2ccc(-n3cccn3)cc2)c2ccsc2n1. The van der Waals surface area contributed by atoms with E-state index in [1.54, 1.807) is 6.20 Å². The summed E-state index contributed by atoms with van der Waals surface area (Å²) in [6, 6.07) is 13.9. The van der Waals surface area contributed by atoms with E-state index in [1.807, 2.05) is 40.5 Å². The summed E-state index contributed by atoms with van der Waals surface area (Å²) < 4.78 is 1.83. The van der Waals surface area contributed by atoms with Gasteiger partial charge in [0.25, 0.3) is 5.91 Å². The van der Waals surface area contributed by atoms with Gasteiger partial charge in [-0.2, -0.15) is 5.10 Å². The molecule has 0 spiro atoms. The van der Waals surface area contributed by atoms with Crippen molar-refractivity contribution in [1.82, 2.24) is 20.1 Å². The van der Waals surface area contributed by atoms with E-state index < -0.39 is 6.10 Å². The van der Waals surface area contributed by atoms with Gasteiger partial charge in [0.15, 0.2) is 0 Å². The van der Waals surface area contributed by atoms with E-state index in [1.165, 1.54) is 11.3 Å². The van der Waals surface area contributed by atoms with Crippen molar-refractivity contribution >= 4 is 27.5 Å². The van der Waals surface area contributed by atoms with Crippen LogP contribution in [-0.2, 0) is 6.42 Å². The van der Waals surface area contributed by atoms with Crippen molar-refractivity contribution in [3.05, 3.63) is 77.1 Å². The van der Waals surface area contributed by atoms with Gasteiger partial charge in [0.1, 0.15) is 10.5 Å². The molecule has 1 amide bonds. The van der Waals surface area contributed by atoms with E-state index in [9.17, 15) is 9.90 Å². The molecule has 2 atom stereocenters. The fourth-order valence-corrected chi connectivity index (χ4v) is 5.02. The highest BCUT2D eigenvalue weighted by atomic mass is 32.1. The van der Waals surface area contributed by atoms with Gasteiger partial charge >= 0.3 is 0 Å². The first-order valence-corrected chi connectivity index (χ1v) is 11.5. The van der Waals surface area contributed by atoms with Crippen molar-refractivity contribution in [2.75, 3.05) is 0 Å². The monoisotopic (exact) mass is 432 g/mol. The molecule has 0 unspecified atom stereocenters. The lowest BCUT2D eigenvalue weighted by molar-refractivity contribution is 0.0714. The minimum Gasteiger partial charge on any atom is -0.391 e. The van der Waals surface area contributed by atoms with Gasteiger partial charge in [-0.25, -0.2) is 9.67 Å². The topological polar surface area (TPSA) is 80.0 Å². The van der Waals surface area contributed by atoms with Gasteiger partial charge in [-0.3, -0.25) is 4.79 Å². The number of nitrogens with one attached hydrogen (secondary N) is 1. The molecule has 6 nitrogen and oxygen atoms in total. The predicted molar refractivity (Wildman–Crippen MR) is 122 cm³/mol. The van der Waals surface area contributed by atoms with Crippen molar-refractivity contribution in [3.8, 4) is 5.69 Å². The summed E-state index contributed by atoms with van der Waals surface area (Å²) in [5.74, 6) is -0.212. The quantitative estimate of drug-likeness (QED) is 0.497. The second-order valence-electron chi connectivity index (χ2n) is 8.03. The lowest BCUT2D eigenvalue weighted by atomic mass is 9.92. The number of carbonyl (C=O) groups excluding carboxylic acids is 1. The van der Waals surface area contributed by atoms with Crippen molar-refractivity contribution in [2.24, 2.45) is 0 Å². The molecule has 1 aliphatic carbocycles. The Hall–Kier alpha value is -3.03. The smallest absolute Gasteiger partial charge is 0.270 e. The molecule has 0 saturated heterocycles. The van der Waals surface area contributed by atoms with E-state index in [4.69, 9.17) is 0 Å². The Bertz CT molecular complexity index is 1180. The maximum Gasteiger partial charge on any atom is 0.270 e. The van der Waals surface area contributed by atoms with Crippen LogP contribution in [0, 0.1) is 0 Å². The zero-order chi connectivity index (χ0) is 21.2. The molecule has 5 rings (SSSR count). The van der Waals surface area contributed by atoms with Gasteiger partial charge in [-0.15, -0.1) is 11.3 Å². The summed E-state index contributed by atoms with van der Waals surface area (Å²) in [6.45, 7) is 0. The number of aliphatic hydroxyl groups is 1. The van der Waals surface area contributed by atoms with Gasteiger partial charge < -0.3 is 10.4 Å². The molecule has 31 heavy (non-hydrogen) atoms. The average molecular weight is 433 g/mol. The number of hydrogen-bond donors (Lipinski definition) is 2. The van der Waals surface area contributed by atoms with Crippen LogP contribution in [0.3, 0.4) is 0 Å². The third-order valence-electron chi connectivity index (χ3n) is 5.90. The van der Waals surface area contributed by atoms with Crippen molar-refractivity contribution in [2.45, 2.75) is 44.2 Å². The van der Waals surface area contributed by atoms with Crippen LogP contribution in [0.2, 0.25) is 0 Å². The molecule has 1 aromatic carbocycles. The van der Waals surface area contributed by atoms with Crippen LogP contribution in [0.5, 0.6) is 0 Å². The Morgan fingerprint density at radius 3 is 2.81 bits per heavy atom. The van der Waals surface area contributed by atoms with Crippen LogP contribution < -0.4 is 5.32 Å². The van der Waals surface area contributed by atoms with Crippen LogP contribution in [0.25, 0.3) is 15.9 Å². The Kier molecular flexibility index (Phi) is 5.53. The number of pyridine rings is 1. The molecule has 1 aliphatic rings. The Morgan fingerprint density at radius 1 is 1.19 bits per heavy atom. The first-order chi connectivity index (χ1) is 15.2. The van der Waals surface area contributed by atoms with Gasteiger partial charge in [0, 0.05) is 17.8 Å². The summed E-state index contributed by atoms with van der Waals surface area (Å²) in [7, 11) is 0. The van der Waals surface area contributed by atoms with Crippen LogP contribution in [-0.4, -0.2) is 37.9 Å². The molecule has 0 radical (unpaired) electrons. The number of rotatable bonds is 5. The zero-order valence-corrected chi connectivity index (χ0v) is 17.9. The molecule has 0 bridgehead atoms.